The summed E-state index contributed by atoms with van der Waals surface area (Å²) in [6, 6.07) is 0. The summed E-state index contributed by atoms with van der Waals surface area (Å²) < 4.78 is 0. The Morgan fingerprint density at radius 3 is 2.74 bits per heavy atom. The number of amides is 2. The van der Waals surface area contributed by atoms with Crippen LogP contribution in [-0.2, 0) is 11.2 Å². The summed E-state index contributed by atoms with van der Waals surface area (Å²) in [6.45, 7) is 8.35. The van der Waals surface area contributed by atoms with Gasteiger partial charge in [0.2, 0.25) is 5.91 Å². The van der Waals surface area contributed by atoms with Gasteiger partial charge in [-0.3, -0.25) is 9.59 Å². The maximum absolute atomic E-state index is 12.4. The highest BCUT2D eigenvalue weighted by molar-refractivity contribution is 5.96. The molecule has 27 heavy (non-hydrogen) atoms. The van der Waals surface area contributed by atoms with Crippen LogP contribution in [0.25, 0.3) is 0 Å². The molecule has 1 N–H and O–H groups in total. The van der Waals surface area contributed by atoms with E-state index in [1.54, 1.807) is 0 Å². The first kappa shape index (κ1) is 18.2. The van der Waals surface area contributed by atoms with Crippen LogP contribution in [0.15, 0.2) is 0 Å². The van der Waals surface area contributed by atoms with Crippen molar-refractivity contribution >= 4 is 17.6 Å². The van der Waals surface area contributed by atoms with Crippen LogP contribution in [0.4, 0.5) is 5.82 Å². The van der Waals surface area contributed by atoms with Crippen LogP contribution in [0.2, 0.25) is 0 Å². The summed E-state index contributed by atoms with van der Waals surface area (Å²) in [4.78, 5) is 38.2. The number of aromatic nitrogens is 2. The number of hydrogen-bond acceptors (Lipinski definition) is 5. The zero-order valence-corrected chi connectivity index (χ0v) is 16.3. The summed E-state index contributed by atoms with van der Waals surface area (Å²) in [6.07, 6.45) is 4.70. The Bertz CT molecular complexity index is 748. The van der Waals surface area contributed by atoms with E-state index >= 15 is 0 Å². The lowest BCUT2D eigenvalue weighted by atomic mass is 9.96. The summed E-state index contributed by atoms with van der Waals surface area (Å²) in [5.74, 6) is 2.52. The van der Waals surface area contributed by atoms with E-state index in [0.717, 1.165) is 69.1 Å². The van der Waals surface area contributed by atoms with Gasteiger partial charge in [0.25, 0.3) is 5.91 Å². The van der Waals surface area contributed by atoms with Crippen molar-refractivity contribution < 1.29 is 9.59 Å². The first-order valence-corrected chi connectivity index (χ1v) is 10.2. The van der Waals surface area contributed by atoms with E-state index in [-0.39, 0.29) is 11.8 Å². The largest absolute Gasteiger partial charge is 0.356 e. The Kier molecular flexibility index (Phi) is 5.02. The molecule has 1 aromatic rings. The molecule has 0 aliphatic carbocycles. The molecule has 4 rings (SSSR count). The van der Waals surface area contributed by atoms with Gasteiger partial charge in [-0.1, -0.05) is 13.8 Å². The number of carbonyl (C=O) groups excluding carboxylic acids is 2. The van der Waals surface area contributed by atoms with Gasteiger partial charge in [0.05, 0.1) is 0 Å². The van der Waals surface area contributed by atoms with Crippen LogP contribution in [0.5, 0.6) is 0 Å². The molecule has 0 saturated carbocycles. The molecule has 7 heteroatoms. The van der Waals surface area contributed by atoms with Gasteiger partial charge in [0.1, 0.15) is 17.3 Å². The molecule has 2 fully saturated rings. The molecule has 3 aliphatic heterocycles. The lowest BCUT2D eigenvalue weighted by Gasteiger charge is -2.37. The van der Waals surface area contributed by atoms with Crippen molar-refractivity contribution in [2.24, 2.45) is 5.92 Å². The minimum Gasteiger partial charge on any atom is -0.356 e. The van der Waals surface area contributed by atoms with Crippen molar-refractivity contribution in [3.63, 3.8) is 0 Å². The van der Waals surface area contributed by atoms with Crippen molar-refractivity contribution in [1.29, 1.82) is 0 Å². The number of nitrogens with zero attached hydrogens (tertiary/aromatic N) is 4. The molecule has 0 spiro atoms. The second-order valence-electron chi connectivity index (χ2n) is 8.29. The first-order chi connectivity index (χ1) is 13.0. The van der Waals surface area contributed by atoms with E-state index in [2.05, 4.69) is 29.0 Å². The maximum atomic E-state index is 12.4. The smallest absolute Gasteiger partial charge is 0.270 e. The SMILES string of the molecule is CC(C)c1nc2c(c(N3CCCC(CN4CCCC4=O)C3)n1)CCNC2=O. The number of carbonyl (C=O) groups is 2. The van der Waals surface area contributed by atoms with Crippen molar-refractivity contribution in [2.75, 3.05) is 37.6 Å². The molecule has 146 valence electrons. The van der Waals surface area contributed by atoms with Gasteiger partial charge >= 0.3 is 0 Å². The van der Waals surface area contributed by atoms with E-state index in [1.165, 1.54) is 0 Å². The topological polar surface area (TPSA) is 78.4 Å². The highest BCUT2D eigenvalue weighted by atomic mass is 16.2. The third-order valence-electron chi connectivity index (χ3n) is 5.86. The Hall–Kier alpha value is -2.18. The monoisotopic (exact) mass is 371 g/mol. The molecule has 3 aliphatic rings. The molecule has 0 bridgehead atoms. The summed E-state index contributed by atoms with van der Waals surface area (Å²) in [5.41, 5.74) is 1.54. The summed E-state index contributed by atoms with van der Waals surface area (Å²) in [5, 5.41) is 2.90. The van der Waals surface area contributed by atoms with Crippen LogP contribution in [0.3, 0.4) is 0 Å². The lowest BCUT2D eigenvalue weighted by Crippen LogP contribution is -2.43. The standard InChI is InChI=1S/C20H29N5O2/c1-13(2)18-22-17-15(7-8-21-20(17)27)19(23-18)25-10-3-5-14(12-25)11-24-9-4-6-16(24)26/h13-14H,3-12H2,1-2H3,(H,21,27). The third kappa shape index (κ3) is 3.64. The number of rotatable bonds is 4. The van der Waals surface area contributed by atoms with Gasteiger partial charge < -0.3 is 15.1 Å². The Morgan fingerprint density at radius 1 is 1.15 bits per heavy atom. The zero-order valence-electron chi connectivity index (χ0n) is 16.3. The molecular formula is C20H29N5O2. The molecule has 7 nitrogen and oxygen atoms in total. The summed E-state index contributed by atoms with van der Waals surface area (Å²) in [7, 11) is 0. The zero-order chi connectivity index (χ0) is 19.0. The fourth-order valence-corrected chi connectivity index (χ4v) is 4.43. The van der Waals surface area contributed by atoms with Gasteiger partial charge in [-0.15, -0.1) is 0 Å². The number of fused-ring (bicyclic) bond motifs is 1. The second kappa shape index (κ2) is 7.44. The van der Waals surface area contributed by atoms with Crippen molar-refractivity contribution in [2.45, 2.75) is 51.9 Å². The number of anilines is 1. The molecule has 1 unspecified atom stereocenters. The van der Waals surface area contributed by atoms with Crippen LogP contribution in [0.1, 0.15) is 67.3 Å². The third-order valence-corrected chi connectivity index (χ3v) is 5.86. The Morgan fingerprint density at radius 2 is 2.00 bits per heavy atom. The average molecular weight is 371 g/mol. The fourth-order valence-electron chi connectivity index (χ4n) is 4.43. The van der Waals surface area contributed by atoms with Crippen molar-refractivity contribution in [3.05, 3.63) is 17.1 Å². The predicted molar refractivity (Wildman–Crippen MR) is 103 cm³/mol. The van der Waals surface area contributed by atoms with E-state index in [0.29, 0.717) is 30.5 Å². The van der Waals surface area contributed by atoms with E-state index < -0.39 is 0 Å². The molecule has 1 atom stereocenters. The highest BCUT2D eigenvalue weighted by Gasteiger charge is 2.31. The lowest BCUT2D eigenvalue weighted by molar-refractivity contribution is -0.128. The van der Waals surface area contributed by atoms with Gasteiger partial charge in [0.15, 0.2) is 0 Å². The van der Waals surface area contributed by atoms with E-state index in [4.69, 9.17) is 4.98 Å². The number of piperidine rings is 1. The van der Waals surface area contributed by atoms with Gasteiger partial charge in [0, 0.05) is 50.6 Å². The first-order valence-electron chi connectivity index (χ1n) is 10.2. The van der Waals surface area contributed by atoms with Gasteiger partial charge in [-0.05, 0) is 31.6 Å². The number of likely N-dealkylation sites (tertiary alicyclic amines) is 1. The van der Waals surface area contributed by atoms with Crippen LogP contribution in [-0.4, -0.2) is 59.4 Å². The minimum absolute atomic E-state index is 0.0852. The molecule has 4 heterocycles. The summed E-state index contributed by atoms with van der Waals surface area (Å²) >= 11 is 0. The predicted octanol–water partition coefficient (Wildman–Crippen LogP) is 1.72. The van der Waals surface area contributed by atoms with Gasteiger partial charge in [-0.2, -0.15) is 0 Å². The van der Waals surface area contributed by atoms with Gasteiger partial charge in [-0.25, -0.2) is 9.97 Å². The molecule has 2 saturated heterocycles. The van der Waals surface area contributed by atoms with E-state index in [1.807, 2.05) is 4.90 Å². The van der Waals surface area contributed by atoms with Crippen LogP contribution in [0, 0.1) is 5.92 Å². The normalized spacial score (nSPS) is 23.0. The quantitative estimate of drug-likeness (QED) is 0.872. The fraction of sp³-hybridized carbons (Fsp3) is 0.700. The molecule has 2 amide bonds. The van der Waals surface area contributed by atoms with Crippen molar-refractivity contribution in [1.82, 2.24) is 20.2 Å². The maximum Gasteiger partial charge on any atom is 0.270 e. The minimum atomic E-state index is -0.0852. The molecule has 1 aromatic heterocycles. The van der Waals surface area contributed by atoms with E-state index in [9.17, 15) is 9.59 Å². The highest BCUT2D eigenvalue weighted by Crippen LogP contribution is 2.30. The van der Waals surface area contributed by atoms with Crippen LogP contribution >= 0.6 is 0 Å². The Balaban J connectivity index is 1.59. The van der Waals surface area contributed by atoms with Crippen LogP contribution < -0.4 is 10.2 Å². The average Bonchev–Trinajstić information content (AvgIpc) is 3.06. The molecule has 0 radical (unpaired) electrons. The Labute approximate surface area is 160 Å². The molecular weight excluding hydrogens is 342 g/mol. The number of hydrogen-bond donors (Lipinski definition) is 1. The number of nitrogens with one attached hydrogen (secondary N) is 1. The second-order valence-corrected chi connectivity index (χ2v) is 8.29. The van der Waals surface area contributed by atoms with Crippen molar-refractivity contribution in [3.8, 4) is 0 Å². The molecule has 0 aromatic carbocycles.